The van der Waals surface area contributed by atoms with E-state index in [4.69, 9.17) is 8.83 Å². The summed E-state index contributed by atoms with van der Waals surface area (Å²) in [5.41, 5.74) is 2.44. The van der Waals surface area contributed by atoms with Gasteiger partial charge < -0.3 is 19.5 Å². The Bertz CT molecular complexity index is 1130. The molecule has 0 aliphatic heterocycles. The molecule has 0 radical (unpaired) electrons. The summed E-state index contributed by atoms with van der Waals surface area (Å²) >= 11 is 0. The Morgan fingerprint density at radius 3 is 2.41 bits per heavy atom. The number of aryl methyl sites for hydroxylation is 2. The molecule has 1 aromatic carbocycles. The topological polar surface area (TPSA) is 105 Å². The summed E-state index contributed by atoms with van der Waals surface area (Å²) in [6.45, 7) is 3.53. The average Bonchev–Trinajstić information content (AvgIpc) is 3.59. The Morgan fingerprint density at radius 2 is 1.76 bits per heavy atom. The van der Waals surface area contributed by atoms with Gasteiger partial charge in [-0.2, -0.15) is 0 Å². The van der Waals surface area contributed by atoms with E-state index in [-0.39, 0.29) is 24.3 Å². The number of nitrogens with one attached hydrogen (secondary N) is 2. The van der Waals surface area contributed by atoms with Gasteiger partial charge in [0.2, 0.25) is 5.91 Å². The van der Waals surface area contributed by atoms with Crippen molar-refractivity contribution in [2.75, 3.05) is 11.4 Å². The van der Waals surface area contributed by atoms with Crippen molar-refractivity contribution >= 4 is 23.4 Å². The normalized spacial score (nSPS) is 14.5. The van der Waals surface area contributed by atoms with Crippen LogP contribution in [-0.4, -0.2) is 30.3 Å². The number of furan rings is 2. The van der Waals surface area contributed by atoms with E-state index >= 15 is 0 Å². The summed E-state index contributed by atoms with van der Waals surface area (Å²) in [6.07, 6.45) is 6.82. The van der Waals surface area contributed by atoms with Crippen LogP contribution in [0.15, 0.2) is 63.8 Å². The Kier molecular flexibility index (Phi) is 7.15. The summed E-state index contributed by atoms with van der Waals surface area (Å²) < 4.78 is 10.7. The summed E-state index contributed by atoms with van der Waals surface area (Å²) in [6, 6.07) is 11.2. The molecule has 0 spiro atoms. The lowest BCUT2D eigenvalue weighted by atomic mass is 10.0. The van der Waals surface area contributed by atoms with Crippen LogP contribution >= 0.6 is 0 Å². The first-order valence-electron chi connectivity index (χ1n) is 11.5. The SMILES string of the molecule is Cc1ccc(N(C(=O)CNC(=O)c2ccco2)[C@@H](C(=O)NC2CCCC2)c2ccco2)c(C)c1. The minimum Gasteiger partial charge on any atom is -0.467 e. The third kappa shape index (κ3) is 5.22. The van der Waals surface area contributed by atoms with E-state index in [1.807, 2.05) is 32.0 Å². The molecule has 0 bridgehead atoms. The molecular formula is C26H29N3O5. The molecule has 4 rings (SSSR count). The minimum atomic E-state index is -1.02. The van der Waals surface area contributed by atoms with E-state index in [2.05, 4.69) is 10.6 Å². The number of anilines is 1. The van der Waals surface area contributed by atoms with Gasteiger partial charge in [0.15, 0.2) is 11.8 Å². The zero-order valence-electron chi connectivity index (χ0n) is 19.4. The van der Waals surface area contributed by atoms with E-state index in [1.165, 1.54) is 23.5 Å². The fraction of sp³-hybridized carbons (Fsp3) is 0.346. The Morgan fingerprint density at radius 1 is 1.03 bits per heavy atom. The maximum Gasteiger partial charge on any atom is 0.287 e. The van der Waals surface area contributed by atoms with Gasteiger partial charge in [0.1, 0.15) is 5.76 Å². The standard InChI is InChI=1S/C26H29N3O5/c1-17-11-12-20(18(2)15-17)29(23(30)16-27-25(31)22-10-6-14-34-22)24(21-9-5-13-33-21)26(32)28-19-7-3-4-8-19/h5-6,9-15,19,24H,3-4,7-8,16H2,1-2H3,(H,27,31)(H,28,32)/t24-/m1/s1. The molecular weight excluding hydrogens is 434 g/mol. The number of benzene rings is 1. The van der Waals surface area contributed by atoms with Crippen LogP contribution in [0.3, 0.4) is 0 Å². The van der Waals surface area contributed by atoms with Crippen molar-refractivity contribution < 1.29 is 23.2 Å². The highest BCUT2D eigenvalue weighted by Crippen LogP contribution is 2.32. The van der Waals surface area contributed by atoms with Gasteiger partial charge in [0, 0.05) is 11.7 Å². The van der Waals surface area contributed by atoms with E-state index in [0.717, 1.165) is 36.8 Å². The first-order valence-corrected chi connectivity index (χ1v) is 11.5. The molecule has 1 saturated carbocycles. The second-order valence-electron chi connectivity index (χ2n) is 8.62. The first-order chi connectivity index (χ1) is 16.4. The molecule has 34 heavy (non-hydrogen) atoms. The van der Waals surface area contributed by atoms with E-state index in [1.54, 1.807) is 18.2 Å². The second-order valence-corrected chi connectivity index (χ2v) is 8.62. The third-order valence-electron chi connectivity index (χ3n) is 6.05. The van der Waals surface area contributed by atoms with Gasteiger partial charge in [-0.05, 0) is 62.6 Å². The molecule has 3 amide bonds. The molecule has 0 unspecified atom stereocenters. The predicted octanol–water partition coefficient (Wildman–Crippen LogP) is 4.05. The molecule has 8 nitrogen and oxygen atoms in total. The van der Waals surface area contributed by atoms with Crippen molar-refractivity contribution in [3.8, 4) is 0 Å². The number of rotatable bonds is 8. The number of carbonyl (C=O) groups excluding carboxylic acids is 3. The molecule has 2 N–H and O–H groups in total. The van der Waals surface area contributed by atoms with Crippen molar-refractivity contribution in [3.63, 3.8) is 0 Å². The van der Waals surface area contributed by atoms with Crippen LogP contribution in [0, 0.1) is 13.8 Å². The van der Waals surface area contributed by atoms with Crippen LogP contribution in [0.2, 0.25) is 0 Å². The number of hydrogen-bond donors (Lipinski definition) is 2. The Hall–Kier alpha value is -3.81. The van der Waals surface area contributed by atoms with E-state index < -0.39 is 17.9 Å². The lowest BCUT2D eigenvalue weighted by molar-refractivity contribution is -0.127. The fourth-order valence-electron chi connectivity index (χ4n) is 4.40. The molecule has 2 heterocycles. The quantitative estimate of drug-likeness (QED) is 0.524. The highest BCUT2D eigenvalue weighted by Gasteiger charge is 2.36. The summed E-state index contributed by atoms with van der Waals surface area (Å²) in [7, 11) is 0. The smallest absolute Gasteiger partial charge is 0.287 e. The van der Waals surface area contributed by atoms with Crippen LogP contribution in [-0.2, 0) is 9.59 Å². The third-order valence-corrected chi connectivity index (χ3v) is 6.05. The fourth-order valence-corrected chi connectivity index (χ4v) is 4.40. The van der Waals surface area contributed by atoms with Crippen molar-refractivity contribution in [1.82, 2.24) is 10.6 Å². The van der Waals surface area contributed by atoms with Gasteiger partial charge in [-0.3, -0.25) is 19.3 Å². The average molecular weight is 464 g/mol. The van der Waals surface area contributed by atoms with Crippen molar-refractivity contribution in [2.45, 2.75) is 51.6 Å². The number of nitrogens with zero attached hydrogens (tertiary/aromatic N) is 1. The molecule has 1 aliphatic rings. The maximum atomic E-state index is 13.6. The predicted molar refractivity (Wildman–Crippen MR) is 126 cm³/mol. The monoisotopic (exact) mass is 463 g/mol. The Labute approximate surface area is 198 Å². The second kappa shape index (κ2) is 10.4. The summed E-state index contributed by atoms with van der Waals surface area (Å²) in [4.78, 5) is 40.9. The largest absolute Gasteiger partial charge is 0.467 e. The summed E-state index contributed by atoms with van der Waals surface area (Å²) in [5, 5.41) is 5.69. The highest BCUT2D eigenvalue weighted by atomic mass is 16.3. The molecule has 3 aromatic rings. The van der Waals surface area contributed by atoms with Crippen molar-refractivity contribution in [2.24, 2.45) is 0 Å². The van der Waals surface area contributed by atoms with Crippen molar-refractivity contribution in [1.29, 1.82) is 0 Å². The zero-order chi connectivity index (χ0) is 24.1. The van der Waals surface area contributed by atoms with Crippen LogP contribution in [0.25, 0.3) is 0 Å². The van der Waals surface area contributed by atoms with Crippen LogP contribution in [0.5, 0.6) is 0 Å². The molecule has 2 aromatic heterocycles. The van der Waals surface area contributed by atoms with Crippen LogP contribution in [0.1, 0.15) is 59.2 Å². The van der Waals surface area contributed by atoms with Gasteiger partial charge in [-0.25, -0.2) is 0 Å². The van der Waals surface area contributed by atoms with Gasteiger partial charge in [0.25, 0.3) is 11.8 Å². The van der Waals surface area contributed by atoms with Crippen molar-refractivity contribution in [3.05, 3.63) is 77.6 Å². The zero-order valence-corrected chi connectivity index (χ0v) is 19.4. The first kappa shape index (κ1) is 23.4. The number of hydrogen-bond acceptors (Lipinski definition) is 5. The van der Waals surface area contributed by atoms with Gasteiger partial charge >= 0.3 is 0 Å². The molecule has 178 valence electrons. The van der Waals surface area contributed by atoms with Crippen LogP contribution < -0.4 is 15.5 Å². The van der Waals surface area contributed by atoms with Gasteiger partial charge in [-0.1, -0.05) is 30.5 Å². The molecule has 1 fully saturated rings. The van der Waals surface area contributed by atoms with E-state index in [9.17, 15) is 14.4 Å². The Balaban J connectivity index is 1.67. The molecule has 1 aliphatic carbocycles. The molecule has 0 saturated heterocycles. The summed E-state index contributed by atoms with van der Waals surface area (Å²) in [5.74, 6) is -0.820. The van der Waals surface area contributed by atoms with Crippen LogP contribution in [0.4, 0.5) is 5.69 Å². The number of amides is 3. The van der Waals surface area contributed by atoms with E-state index in [0.29, 0.717) is 11.4 Å². The highest BCUT2D eigenvalue weighted by molar-refractivity contribution is 6.04. The van der Waals surface area contributed by atoms with Gasteiger partial charge in [-0.15, -0.1) is 0 Å². The molecule has 1 atom stereocenters. The number of carbonyl (C=O) groups is 3. The molecule has 8 heteroatoms. The lowest BCUT2D eigenvalue weighted by Gasteiger charge is -2.32. The van der Waals surface area contributed by atoms with Gasteiger partial charge in [0.05, 0.1) is 19.1 Å². The lowest BCUT2D eigenvalue weighted by Crippen LogP contribution is -2.49. The maximum absolute atomic E-state index is 13.6. The minimum absolute atomic E-state index is 0.0692.